The minimum atomic E-state index is 0.0950. The van der Waals surface area contributed by atoms with Gasteiger partial charge in [-0.25, -0.2) is 0 Å². The van der Waals surface area contributed by atoms with Crippen molar-refractivity contribution in [3.8, 4) is 0 Å². The molecule has 0 bridgehead atoms. The van der Waals surface area contributed by atoms with Crippen LogP contribution in [0, 0.1) is 0 Å². The molecule has 0 amide bonds. The molecule has 0 unspecified atom stereocenters. The summed E-state index contributed by atoms with van der Waals surface area (Å²) in [5.74, 6) is 0. The topological polar surface area (TPSA) is 42.2 Å². The molecule has 1 aromatic rings. The number of rotatable bonds is 2. The van der Waals surface area contributed by atoms with Gasteiger partial charge in [0.05, 0.1) is 5.54 Å². The van der Waals surface area contributed by atoms with Crippen molar-refractivity contribution in [2.75, 3.05) is 13.1 Å². The highest BCUT2D eigenvalue weighted by molar-refractivity contribution is 5.11. The first-order valence-corrected chi connectivity index (χ1v) is 8.94. The Morgan fingerprint density at radius 3 is 1.95 bits per heavy atom. The standard InChI is InChI=1S/C17H29N3O/c1-3-7-11-17(12-8-4-1,16-15-21-19-18-16)20-13-9-5-2-6-10-14-20/h15H,1-14H2. The molecule has 1 saturated carbocycles. The predicted molar refractivity (Wildman–Crippen MR) is 83.0 cm³/mol. The van der Waals surface area contributed by atoms with Crippen LogP contribution in [0.15, 0.2) is 10.8 Å². The maximum absolute atomic E-state index is 5.12. The highest BCUT2D eigenvalue weighted by atomic mass is 16.5. The van der Waals surface area contributed by atoms with Crippen LogP contribution >= 0.6 is 0 Å². The number of hydrogen-bond donors (Lipinski definition) is 0. The van der Waals surface area contributed by atoms with Crippen molar-refractivity contribution >= 4 is 0 Å². The van der Waals surface area contributed by atoms with Crippen LogP contribution < -0.4 is 0 Å². The van der Waals surface area contributed by atoms with Gasteiger partial charge >= 0.3 is 0 Å². The fraction of sp³-hybridized carbons (Fsp3) is 0.882. The first-order valence-electron chi connectivity index (χ1n) is 8.94. The van der Waals surface area contributed by atoms with E-state index in [0.29, 0.717) is 0 Å². The lowest BCUT2D eigenvalue weighted by Gasteiger charge is -2.44. The molecule has 1 aliphatic heterocycles. The zero-order chi connectivity index (χ0) is 14.4. The molecule has 0 atom stereocenters. The smallest absolute Gasteiger partial charge is 0.149 e. The molecule has 4 heteroatoms. The summed E-state index contributed by atoms with van der Waals surface area (Å²) in [5.41, 5.74) is 1.18. The molecular weight excluding hydrogens is 262 g/mol. The Labute approximate surface area is 128 Å². The summed E-state index contributed by atoms with van der Waals surface area (Å²) >= 11 is 0. The Hall–Kier alpha value is -0.900. The Kier molecular flexibility index (Phi) is 5.28. The largest absolute Gasteiger partial charge is 0.345 e. The van der Waals surface area contributed by atoms with Crippen LogP contribution in [0.2, 0.25) is 0 Å². The van der Waals surface area contributed by atoms with Gasteiger partial charge in [-0.05, 0) is 38.8 Å². The van der Waals surface area contributed by atoms with Crippen LogP contribution in [0.5, 0.6) is 0 Å². The van der Waals surface area contributed by atoms with E-state index in [9.17, 15) is 0 Å². The fourth-order valence-electron chi connectivity index (χ4n) is 4.27. The third kappa shape index (κ3) is 3.47. The summed E-state index contributed by atoms with van der Waals surface area (Å²) in [4.78, 5) is 2.73. The van der Waals surface area contributed by atoms with Crippen LogP contribution in [-0.4, -0.2) is 28.4 Å². The fourth-order valence-corrected chi connectivity index (χ4v) is 4.27. The second-order valence-corrected chi connectivity index (χ2v) is 6.84. The Balaban J connectivity index is 1.86. The minimum Gasteiger partial charge on any atom is -0.345 e. The van der Waals surface area contributed by atoms with Crippen molar-refractivity contribution in [1.82, 2.24) is 15.3 Å². The minimum absolute atomic E-state index is 0.0950. The van der Waals surface area contributed by atoms with Crippen LogP contribution in [0.3, 0.4) is 0 Å². The highest BCUT2D eigenvalue weighted by Crippen LogP contribution is 2.40. The predicted octanol–water partition coefficient (Wildman–Crippen LogP) is 4.28. The molecule has 0 N–H and O–H groups in total. The second-order valence-electron chi connectivity index (χ2n) is 6.84. The van der Waals surface area contributed by atoms with E-state index >= 15 is 0 Å². The van der Waals surface area contributed by atoms with E-state index < -0.39 is 0 Å². The summed E-state index contributed by atoms with van der Waals surface area (Å²) in [7, 11) is 0. The third-order valence-corrected chi connectivity index (χ3v) is 5.48. The first kappa shape index (κ1) is 15.0. The summed E-state index contributed by atoms with van der Waals surface area (Å²) in [6, 6.07) is 0. The molecule has 3 rings (SSSR count). The Morgan fingerprint density at radius 2 is 1.38 bits per heavy atom. The van der Waals surface area contributed by atoms with Gasteiger partial charge in [0.2, 0.25) is 0 Å². The van der Waals surface area contributed by atoms with Crippen molar-refractivity contribution in [3.63, 3.8) is 0 Å². The zero-order valence-corrected chi connectivity index (χ0v) is 13.2. The lowest BCUT2D eigenvalue weighted by atomic mass is 9.79. The van der Waals surface area contributed by atoms with Crippen molar-refractivity contribution in [2.45, 2.75) is 82.6 Å². The SMILES string of the molecule is c1onnc1C1(N2CCCCCCC2)CCCCCCC1. The van der Waals surface area contributed by atoms with Gasteiger partial charge in [-0.1, -0.05) is 51.4 Å². The second kappa shape index (κ2) is 7.39. The molecule has 2 fully saturated rings. The monoisotopic (exact) mass is 291 g/mol. The van der Waals surface area contributed by atoms with E-state index in [2.05, 4.69) is 15.3 Å². The summed E-state index contributed by atoms with van der Waals surface area (Å²) in [5, 5.41) is 8.14. The van der Waals surface area contributed by atoms with Crippen molar-refractivity contribution in [1.29, 1.82) is 0 Å². The van der Waals surface area contributed by atoms with Gasteiger partial charge in [0.15, 0.2) is 0 Å². The van der Waals surface area contributed by atoms with Crippen molar-refractivity contribution in [2.24, 2.45) is 0 Å². The molecule has 1 saturated heterocycles. The van der Waals surface area contributed by atoms with E-state index in [1.54, 1.807) is 6.26 Å². The molecular formula is C17H29N3O. The molecule has 2 heterocycles. The van der Waals surface area contributed by atoms with Gasteiger partial charge in [0, 0.05) is 5.27 Å². The van der Waals surface area contributed by atoms with Crippen LogP contribution in [0.25, 0.3) is 0 Å². The average molecular weight is 291 g/mol. The molecule has 1 aliphatic carbocycles. The van der Waals surface area contributed by atoms with E-state index in [4.69, 9.17) is 4.52 Å². The summed E-state index contributed by atoms with van der Waals surface area (Å²) in [6.07, 6.45) is 17.8. The number of aromatic nitrogens is 2. The van der Waals surface area contributed by atoms with Gasteiger partial charge in [0.1, 0.15) is 12.0 Å². The molecule has 1 aromatic heterocycles. The van der Waals surface area contributed by atoms with Crippen LogP contribution in [0.4, 0.5) is 0 Å². The van der Waals surface area contributed by atoms with E-state index in [-0.39, 0.29) is 5.54 Å². The van der Waals surface area contributed by atoms with Crippen LogP contribution in [-0.2, 0) is 5.54 Å². The van der Waals surface area contributed by atoms with E-state index in [1.807, 2.05) is 0 Å². The Bertz CT molecular complexity index is 388. The molecule has 4 nitrogen and oxygen atoms in total. The van der Waals surface area contributed by atoms with E-state index in [0.717, 1.165) is 5.69 Å². The molecule has 21 heavy (non-hydrogen) atoms. The van der Waals surface area contributed by atoms with Gasteiger partial charge in [-0.2, -0.15) is 0 Å². The van der Waals surface area contributed by atoms with Crippen LogP contribution in [0.1, 0.15) is 82.7 Å². The number of likely N-dealkylation sites (tertiary alicyclic amines) is 1. The van der Waals surface area contributed by atoms with Crippen molar-refractivity contribution < 1.29 is 4.52 Å². The summed E-state index contributed by atoms with van der Waals surface area (Å²) in [6.45, 7) is 2.43. The molecule has 0 aromatic carbocycles. The molecule has 0 spiro atoms. The molecule has 118 valence electrons. The average Bonchev–Trinajstić information content (AvgIpc) is 2.94. The first-order chi connectivity index (χ1) is 10.4. The lowest BCUT2D eigenvalue weighted by molar-refractivity contribution is 0.0450. The molecule has 2 aliphatic rings. The maximum Gasteiger partial charge on any atom is 0.149 e. The maximum atomic E-state index is 5.12. The summed E-state index contributed by atoms with van der Waals surface area (Å²) < 4.78 is 5.12. The van der Waals surface area contributed by atoms with Gasteiger partial charge in [-0.3, -0.25) is 4.90 Å². The van der Waals surface area contributed by atoms with Gasteiger partial charge < -0.3 is 4.52 Å². The van der Waals surface area contributed by atoms with Gasteiger partial charge in [-0.15, -0.1) is 5.10 Å². The Morgan fingerprint density at radius 1 is 0.810 bits per heavy atom. The number of nitrogens with zero attached hydrogens (tertiary/aromatic N) is 3. The zero-order valence-electron chi connectivity index (χ0n) is 13.2. The van der Waals surface area contributed by atoms with Crippen molar-refractivity contribution in [3.05, 3.63) is 12.0 Å². The van der Waals surface area contributed by atoms with Gasteiger partial charge in [0.25, 0.3) is 0 Å². The lowest BCUT2D eigenvalue weighted by Crippen LogP contribution is -2.48. The quantitative estimate of drug-likeness (QED) is 0.816. The normalized spacial score (nSPS) is 25.5. The van der Waals surface area contributed by atoms with E-state index in [1.165, 1.54) is 90.1 Å². The number of hydrogen-bond acceptors (Lipinski definition) is 4. The molecule has 0 radical (unpaired) electrons. The third-order valence-electron chi connectivity index (χ3n) is 5.48. The highest BCUT2D eigenvalue weighted by Gasteiger charge is 2.40.